The van der Waals surface area contributed by atoms with Gasteiger partial charge in [-0.25, -0.2) is 21.6 Å². The molecule has 4 nitrogen and oxygen atoms in total. The van der Waals surface area contributed by atoms with Crippen molar-refractivity contribution in [2.24, 2.45) is 0 Å². The molecule has 2 aromatic carbocycles. The summed E-state index contributed by atoms with van der Waals surface area (Å²) in [6.07, 6.45) is -0.586. The molecule has 0 N–H and O–H groups in total. The minimum atomic E-state index is -4.12. The Balaban J connectivity index is 1.87. The normalized spacial score (nSPS) is 19.4. The van der Waals surface area contributed by atoms with E-state index >= 15 is 0 Å². The lowest BCUT2D eigenvalue weighted by molar-refractivity contribution is -0.00264. The third-order valence-corrected chi connectivity index (χ3v) is 5.68. The van der Waals surface area contributed by atoms with Gasteiger partial charge in [-0.15, -0.1) is 0 Å². The van der Waals surface area contributed by atoms with E-state index in [-0.39, 0.29) is 19.7 Å². The Bertz CT molecular complexity index is 840. The summed E-state index contributed by atoms with van der Waals surface area (Å²) in [5.74, 6) is -2.40. The Morgan fingerprint density at radius 2 is 1.67 bits per heavy atom. The van der Waals surface area contributed by atoms with Crippen LogP contribution in [-0.4, -0.2) is 32.4 Å². The molecular weight excluding hydrogens is 343 g/mol. The fourth-order valence-electron chi connectivity index (χ4n) is 2.55. The average Bonchev–Trinajstić information content (AvgIpc) is 2.55. The number of hydrogen-bond donors (Lipinski definition) is 0. The van der Waals surface area contributed by atoms with E-state index in [1.165, 1.54) is 24.3 Å². The highest BCUT2D eigenvalue weighted by molar-refractivity contribution is 7.89. The SMILES string of the molecule is O=S(=O)(c1ccc(F)cc1F)N1CCOC(c2ccc(F)cc2)C1. The summed E-state index contributed by atoms with van der Waals surface area (Å²) in [5.41, 5.74) is 0.621. The fourth-order valence-corrected chi connectivity index (χ4v) is 4.02. The van der Waals surface area contributed by atoms with Crippen molar-refractivity contribution < 1.29 is 26.3 Å². The van der Waals surface area contributed by atoms with Crippen LogP contribution >= 0.6 is 0 Å². The molecule has 0 radical (unpaired) electrons. The van der Waals surface area contributed by atoms with E-state index in [9.17, 15) is 21.6 Å². The standard InChI is InChI=1S/C16H14F3NO3S/c17-12-3-1-11(2-4-12)15-10-20(7-8-23-15)24(21,22)16-6-5-13(18)9-14(16)19/h1-6,9,15H,7-8,10H2. The molecule has 128 valence electrons. The summed E-state index contributed by atoms with van der Waals surface area (Å²) in [4.78, 5) is -0.580. The largest absolute Gasteiger partial charge is 0.371 e. The van der Waals surface area contributed by atoms with Gasteiger partial charge in [0.2, 0.25) is 10.0 Å². The molecule has 2 aromatic rings. The zero-order valence-corrected chi connectivity index (χ0v) is 13.3. The molecule has 1 saturated heterocycles. The van der Waals surface area contributed by atoms with Crippen LogP contribution in [-0.2, 0) is 14.8 Å². The Labute approximate surface area is 137 Å². The van der Waals surface area contributed by atoms with E-state index in [0.717, 1.165) is 16.4 Å². The van der Waals surface area contributed by atoms with Gasteiger partial charge in [0, 0.05) is 19.2 Å². The van der Waals surface area contributed by atoms with Crippen molar-refractivity contribution in [3.8, 4) is 0 Å². The minimum Gasteiger partial charge on any atom is -0.371 e. The number of morpholine rings is 1. The van der Waals surface area contributed by atoms with Crippen molar-refractivity contribution in [2.45, 2.75) is 11.0 Å². The molecule has 1 aliphatic rings. The Hall–Kier alpha value is -1.90. The van der Waals surface area contributed by atoms with Crippen molar-refractivity contribution in [3.05, 3.63) is 65.5 Å². The van der Waals surface area contributed by atoms with Gasteiger partial charge in [-0.2, -0.15) is 4.31 Å². The molecule has 1 unspecified atom stereocenters. The van der Waals surface area contributed by atoms with Crippen LogP contribution in [0.15, 0.2) is 47.4 Å². The van der Waals surface area contributed by atoms with Gasteiger partial charge in [0.25, 0.3) is 0 Å². The zero-order chi connectivity index (χ0) is 17.3. The summed E-state index contributed by atoms with van der Waals surface area (Å²) in [6.45, 7) is 0.131. The second-order valence-electron chi connectivity index (χ2n) is 5.35. The predicted octanol–water partition coefficient (Wildman–Crippen LogP) is 2.87. The van der Waals surface area contributed by atoms with E-state index in [1.807, 2.05) is 0 Å². The van der Waals surface area contributed by atoms with Crippen molar-refractivity contribution in [1.29, 1.82) is 0 Å². The quantitative estimate of drug-likeness (QED) is 0.849. The molecule has 8 heteroatoms. The van der Waals surface area contributed by atoms with Crippen molar-refractivity contribution in [3.63, 3.8) is 0 Å². The molecule has 24 heavy (non-hydrogen) atoms. The van der Waals surface area contributed by atoms with Gasteiger partial charge in [-0.1, -0.05) is 12.1 Å². The lowest BCUT2D eigenvalue weighted by Crippen LogP contribution is -2.42. The highest BCUT2D eigenvalue weighted by atomic mass is 32.2. The van der Waals surface area contributed by atoms with Gasteiger partial charge in [-0.3, -0.25) is 0 Å². The molecule has 0 spiro atoms. The van der Waals surface area contributed by atoms with E-state index in [1.54, 1.807) is 0 Å². The Kier molecular flexibility index (Phi) is 4.62. The number of nitrogens with zero attached hydrogens (tertiary/aromatic N) is 1. The highest BCUT2D eigenvalue weighted by Crippen LogP contribution is 2.27. The van der Waals surface area contributed by atoms with E-state index in [0.29, 0.717) is 11.6 Å². The van der Waals surface area contributed by atoms with E-state index in [4.69, 9.17) is 4.74 Å². The van der Waals surface area contributed by atoms with Crippen LogP contribution in [0.2, 0.25) is 0 Å². The maximum absolute atomic E-state index is 13.8. The van der Waals surface area contributed by atoms with Crippen LogP contribution < -0.4 is 0 Å². The molecule has 0 saturated carbocycles. The summed E-state index contributed by atoms with van der Waals surface area (Å²) >= 11 is 0. The molecule has 0 amide bonds. The number of rotatable bonds is 3. The first kappa shape index (κ1) is 16.9. The van der Waals surface area contributed by atoms with Gasteiger partial charge in [0.05, 0.1) is 12.7 Å². The number of ether oxygens (including phenoxy) is 1. The molecule has 0 bridgehead atoms. The third-order valence-electron chi connectivity index (χ3n) is 3.78. The van der Waals surface area contributed by atoms with Gasteiger partial charge in [-0.05, 0) is 29.8 Å². The van der Waals surface area contributed by atoms with Crippen LogP contribution in [0.3, 0.4) is 0 Å². The average molecular weight is 357 g/mol. The van der Waals surface area contributed by atoms with Gasteiger partial charge in [0.1, 0.15) is 22.3 Å². The van der Waals surface area contributed by atoms with Crippen LogP contribution in [0, 0.1) is 17.5 Å². The third kappa shape index (κ3) is 3.31. The summed E-state index contributed by atoms with van der Waals surface area (Å²) in [6, 6.07) is 7.86. The van der Waals surface area contributed by atoms with Gasteiger partial charge >= 0.3 is 0 Å². The Morgan fingerprint density at radius 1 is 1.00 bits per heavy atom. The second kappa shape index (κ2) is 6.54. The summed E-state index contributed by atoms with van der Waals surface area (Å²) in [5, 5.41) is 0. The van der Waals surface area contributed by atoms with Gasteiger partial charge in [0.15, 0.2) is 0 Å². The summed E-state index contributed by atoms with van der Waals surface area (Å²) < 4.78 is 71.7. The predicted molar refractivity (Wildman–Crippen MR) is 80.2 cm³/mol. The number of hydrogen-bond acceptors (Lipinski definition) is 3. The van der Waals surface area contributed by atoms with Crippen LogP contribution in [0.25, 0.3) is 0 Å². The molecule has 1 atom stereocenters. The molecule has 1 heterocycles. The lowest BCUT2D eigenvalue weighted by Gasteiger charge is -2.32. The number of sulfonamides is 1. The maximum Gasteiger partial charge on any atom is 0.246 e. The summed E-state index contributed by atoms with van der Waals surface area (Å²) in [7, 11) is -4.12. The minimum absolute atomic E-state index is 0.0369. The zero-order valence-electron chi connectivity index (χ0n) is 12.5. The topological polar surface area (TPSA) is 46.6 Å². The molecule has 0 aliphatic carbocycles. The number of halogens is 3. The van der Waals surface area contributed by atoms with Crippen LogP contribution in [0.5, 0.6) is 0 Å². The molecule has 0 aromatic heterocycles. The van der Waals surface area contributed by atoms with Crippen LogP contribution in [0.1, 0.15) is 11.7 Å². The maximum atomic E-state index is 13.8. The first-order chi connectivity index (χ1) is 11.4. The fraction of sp³-hybridized carbons (Fsp3) is 0.250. The second-order valence-corrected chi connectivity index (χ2v) is 7.26. The van der Waals surface area contributed by atoms with E-state index in [2.05, 4.69) is 0 Å². The van der Waals surface area contributed by atoms with Crippen molar-refractivity contribution in [2.75, 3.05) is 19.7 Å². The monoisotopic (exact) mass is 357 g/mol. The van der Waals surface area contributed by atoms with E-state index < -0.39 is 38.5 Å². The smallest absolute Gasteiger partial charge is 0.246 e. The highest BCUT2D eigenvalue weighted by Gasteiger charge is 2.33. The van der Waals surface area contributed by atoms with Crippen molar-refractivity contribution in [1.82, 2.24) is 4.31 Å². The lowest BCUT2D eigenvalue weighted by atomic mass is 10.1. The first-order valence-electron chi connectivity index (χ1n) is 7.20. The molecule has 1 aliphatic heterocycles. The molecular formula is C16H14F3NO3S. The first-order valence-corrected chi connectivity index (χ1v) is 8.64. The number of benzene rings is 2. The van der Waals surface area contributed by atoms with Crippen LogP contribution in [0.4, 0.5) is 13.2 Å². The van der Waals surface area contributed by atoms with Gasteiger partial charge < -0.3 is 4.74 Å². The Morgan fingerprint density at radius 3 is 2.33 bits per heavy atom. The molecule has 1 fully saturated rings. The molecule has 3 rings (SSSR count). The van der Waals surface area contributed by atoms with Crippen molar-refractivity contribution >= 4 is 10.0 Å².